The lowest BCUT2D eigenvalue weighted by atomic mass is 9.76. The zero-order valence-corrected chi connectivity index (χ0v) is 13.3. The van der Waals surface area contributed by atoms with Gasteiger partial charge in [-0.2, -0.15) is 0 Å². The van der Waals surface area contributed by atoms with Crippen molar-refractivity contribution in [2.24, 2.45) is 5.41 Å². The van der Waals surface area contributed by atoms with Crippen LogP contribution in [-0.2, 0) is 4.74 Å². The summed E-state index contributed by atoms with van der Waals surface area (Å²) in [5, 5.41) is 0. The highest BCUT2D eigenvalue weighted by atomic mass is 16.5. The summed E-state index contributed by atoms with van der Waals surface area (Å²) >= 11 is 0. The van der Waals surface area contributed by atoms with Crippen LogP contribution in [0.15, 0.2) is 18.2 Å². The fourth-order valence-corrected chi connectivity index (χ4v) is 2.89. The van der Waals surface area contributed by atoms with Gasteiger partial charge in [0.1, 0.15) is 6.10 Å². The molecule has 0 spiro atoms. The summed E-state index contributed by atoms with van der Waals surface area (Å²) < 4.78 is 5.71. The van der Waals surface area contributed by atoms with E-state index < -0.39 is 0 Å². The Bertz CT molecular complexity index is 500. The Kier molecular flexibility index (Phi) is 4.22. The highest BCUT2D eigenvalue weighted by molar-refractivity contribution is 5.94. The van der Waals surface area contributed by atoms with Crippen molar-refractivity contribution in [1.82, 2.24) is 0 Å². The number of rotatable bonds is 5. The molecule has 1 heterocycles. The number of ether oxygens (including phenoxy) is 1. The number of fused-ring (bicyclic) bond motifs is 1. The van der Waals surface area contributed by atoms with E-state index in [4.69, 9.17) is 4.74 Å². The van der Waals surface area contributed by atoms with Gasteiger partial charge in [-0.05, 0) is 36.8 Å². The molecule has 1 aliphatic rings. The summed E-state index contributed by atoms with van der Waals surface area (Å²) in [6.45, 7) is 10.9. The van der Waals surface area contributed by atoms with Gasteiger partial charge in [0.25, 0.3) is 0 Å². The molecular formula is C18H26O2. The third kappa shape index (κ3) is 2.36. The molecule has 1 aliphatic heterocycles. The first-order valence-corrected chi connectivity index (χ1v) is 7.81. The average Bonchev–Trinajstić information content (AvgIpc) is 2.83. The van der Waals surface area contributed by atoms with E-state index in [1.807, 2.05) is 6.07 Å². The van der Waals surface area contributed by atoms with Gasteiger partial charge < -0.3 is 4.74 Å². The van der Waals surface area contributed by atoms with E-state index in [0.29, 0.717) is 5.92 Å². The number of hydrogen-bond donors (Lipinski definition) is 0. The zero-order chi connectivity index (χ0) is 14.9. The molecule has 1 aromatic carbocycles. The van der Waals surface area contributed by atoms with E-state index in [9.17, 15) is 4.79 Å². The monoisotopic (exact) mass is 274 g/mol. The predicted octanol–water partition coefficient (Wildman–Crippen LogP) is 5.24. The van der Waals surface area contributed by atoms with Crippen LogP contribution in [0.25, 0.3) is 0 Å². The maximum Gasteiger partial charge on any atom is 0.339 e. The lowest BCUT2D eigenvalue weighted by Crippen LogP contribution is -2.24. The normalized spacial score (nSPS) is 19.6. The fourth-order valence-electron chi connectivity index (χ4n) is 2.89. The molecule has 2 heteroatoms. The summed E-state index contributed by atoms with van der Waals surface area (Å²) in [6.07, 6.45) is 3.01. The van der Waals surface area contributed by atoms with Crippen LogP contribution in [0.2, 0.25) is 0 Å². The molecule has 0 fully saturated rings. The van der Waals surface area contributed by atoms with Crippen molar-refractivity contribution < 1.29 is 9.53 Å². The van der Waals surface area contributed by atoms with Gasteiger partial charge >= 0.3 is 5.97 Å². The van der Waals surface area contributed by atoms with Gasteiger partial charge in [-0.1, -0.05) is 46.8 Å². The van der Waals surface area contributed by atoms with Crippen molar-refractivity contribution in [2.45, 2.75) is 65.9 Å². The van der Waals surface area contributed by atoms with Crippen molar-refractivity contribution >= 4 is 5.97 Å². The smallest absolute Gasteiger partial charge is 0.339 e. The Morgan fingerprint density at radius 3 is 2.45 bits per heavy atom. The standard InChI is InChI=1S/C18H26O2/c1-6-12(4)13-9-10-14-15(11-13)17(19)20-16(14)18(5,7-2)8-3/h9-12,16H,6-8H2,1-5H3. The molecular weight excluding hydrogens is 248 g/mol. The number of esters is 1. The third-order valence-corrected chi connectivity index (χ3v) is 5.23. The van der Waals surface area contributed by atoms with Crippen molar-refractivity contribution in [3.8, 4) is 0 Å². The minimum Gasteiger partial charge on any atom is -0.453 e. The van der Waals surface area contributed by atoms with Crippen LogP contribution in [0.3, 0.4) is 0 Å². The molecule has 0 N–H and O–H groups in total. The molecule has 0 radical (unpaired) electrons. The Hall–Kier alpha value is -1.31. The third-order valence-electron chi connectivity index (χ3n) is 5.23. The molecule has 2 rings (SSSR count). The highest BCUT2D eigenvalue weighted by Crippen LogP contribution is 2.47. The second kappa shape index (κ2) is 5.59. The van der Waals surface area contributed by atoms with E-state index in [2.05, 4.69) is 46.8 Å². The zero-order valence-electron chi connectivity index (χ0n) is 13.3. The van der Waals surface area contributed by atoms with Crippen molar-refractivity contribution in [3.05, 3.63) is 34.9 Å². The van der Waals surface area contributed by atoms with Crippen molar-refractivity contribution in [2.75, 3.05) is 0 Å². The molecule has 2 unspecified atom stereocenters. The van der Waals surface area contributed by atoms with E-state index in [0.717, 1.165) is 30.4 Å². The predicted molar refractivity (Wildman–Crippen MR) is 82.0 cm³/mol. The molecule has 2 atom stereocenters. The van der Waals surface area contributed by atoms with E-state index in [1.165, 1.54) is 5.56 Å². The highest BCUT2D eigenvalue weighted by Gasteiger charge is 2.42. The molecule has 0 bridgehead atoms. The van der Waals surface area contributed by atoms with E-state index in [-0.39, 0.29) is 17.5 Å². The van der Waals surface area contributed by atoms with Crippen LogP contribution < -0.4 is 0 Å². The van der Waals surface area contributed by atoms with Crippen LogP contribution in [0, 0.1) is 5.41 Å². The lowest BCUT2D eigenvalue weighted by molar-refractivity contribution is -0.00646. The first kappa shape index (κ1) is 15.1. The summed E-state index contributed by atoms with van der Waals surface area (Å²) in [4.78, 5) is 12.2. The fraction of sp³-hybridized carbons (Fsp3) is 0.611. The summed E-state index contributed by atoms with van der Waals surface area (Å²) in [6, 6.07) is 6.31. The van der Waals surface area contributed by atoms with E-state index >= 15 is 0 Å². The Morgan fingerprint density at radius 2 is 1.90 bits per heavy atom. The molecule has 0 amide bonds. The van der Waals surface area contributed by atoms with Crippen LogP contribution in [-0.4, -0.2) is 5.97 Å². The first-order chi connectivity index (χ1) is 9.46. The van der Waals surface area contributed by atoms with Crippen LogP contribution >= 0.6 is 0 Å². The number of carbonyl (C=O) groups is 1. The summed E-state index contributed by atoms with van der Waals surface area (Å²) in [5.74, 6) is 0.333. The van der Waals surface area contributed by atoms with Gasteiger partial charge in [-0.15, -0.1) is 0 Å². The molecule has 0 aliphatic carbocycles. The van der Waals surface area contributed by atoms with Gasteiger partial charge in [0.2, 0.25) is 0 Å². The largest absolute Gasteiger partial charge is 0.453 e. The number of cyclic esters (lactones) is 1. The summed E-state index contributed by atoms with van der Waals surface area (Å²) in [5.41, 5.74) is 3.12. The molecule has 110 valence electrons. The first-order valence-electron chi connectivity index (χ1n) is 7.81. The van der Waals surface area contributed by atoms with Gasteiger partial charge in [0.05, 0.1) is 5.56 Å². The lowest BCUT2D eigenvalue weighted by Gasteiger charge is -2.32. The number of carbonyl (C=O) groups excluding carboxylic acids is 1. The molecule has 2 nitrogen and oxygen atoms in total. The van der Waals surface area contributed by atoms with Crippen molar-refractivity contribution in [3.63, 3.8) is 0 Å². The maximum absolute atomic E-state index is 12.2. The minimum absolute atomic E-state index is 0.0266. The van der Waals surface area contributed by atoms with Gasteiger partial charge in [-0.25, -0.2) is 4.79 Å². The number of benzene rings is 1. The SMILES string of the molecule is CCC(C)c1ccc2c(c1)C(=O)OC2C(C)(CC)CC. The van der Waals surface area contributed by atoms with E-state index in [1.54, 1.807) is 0 Å². The molecule has 20 heavy (non-hydrogen) atoms. The molecule has 0 aromatic heterocycles. The second-order valence-electron chi connectivity index (χ2n) is 6.30. The van der Waals surface area contributed by atoms with Crippen LogP contribution in [0.1, 0.15) is 87.4 Å². The second-order valence-corrected chi connectivity index (χ2v) is 6.30. The van der Waals surface area contributed by atoms with Crippen LogP contribution in [0.4, 0.5) is 0 Å². The molecule has 0 saturated heterocycles. The maximum atomic E-state index is 12.2. The molecule has 1 aromatic rings. The Balaban J connectivity index is 2.43. The Morgan fingerprint density at radius 1 is 1.25 bits per heavy atom. The van der Waals surface area contributed by atoms with Gasteiger partial charge in [-0.3, -0.25) is 0 Å². The van der Waals surface area contributed by atoms with Crippen LogP contribution in [0.5, 0.6) is 0 Å². The number of hydrogen-bond acceptors (Lipinski definition) is 2. The topological polar surface area (TPSA) is 26.3 Å². The average molecular weight is 274 g/mol. The van der Waals surface area contributed by atoms with Crippen molar-refractivity contribution in [1.29, 1.82) is 0 Å². The molecule has 0 saturated carbocycles. The quantitative estimate of drug-likeness (QED) is 0.686. The van der Waals surface area contributed by atoms with Gasteiger partial charge in [0.15, 0.2) is 0 Å². The Labute approximate surface area is 122 Å². The summed E-state index contributed by atoms with van der Waals surface area (Å²) in [7, 11) is 0. The van der Waals surface area contributed by atoms with Gasteiger partial charge in [0, 0.05) is 11.0 Å². The minimum atomic E-state index is -0.150.